The molecule has 0 bridgehead atoms. The van der Waals surface area contributed by atoms with Gasteiger partial charge in [-0.25, -0.2) is 4.99 Å². The van der Waals surface area contributed by atoms with Crippen LogP contribution in [0.4, 0.5) is 0 Å². The van der Waals surface area contributed by atoms with Gasteiger partial charge in [0.15, 0.2) is 11.9 Å². The molecule has 122 valence electrons. The zero-order valence-electron chi connectivity index (χ0n) is 13.4. The third kappa shape index (κ3) is 3.00. The first-order valence-electron chi connectivity index (χ1n) is 7.54. The molecule has 1 aromatic heterocycles. The molecule has 3 rings (SSSR count). The van der Waals surface area contributed by atoms with Crippen molar-refractivity contribution in [3.05, 3.63) is 52.9 Å². The highest BCUT2D eigenvalue weighted by Crippen LogP contribution is 2.34. The van der Waals surface area contributed by atoms with Gasteiger partial charge in [-0.15, -0.1) is 0 Å². The average molecular weight is 316 g/mol. The molecule has 3 atom stereocenters. The first-order valence-corrected chi connectivity index (χ1v) is 7.54. The summed E-state index contributed by atoms with van der Waals surface area (Å²) in [5.74, 6) is 0.807. The molecule has 6 heteroatoms. The minimum Gasteiger partial charge on any atom is -0.467 e. The van der Waals surface area contributed by atoms with Crippen molar-refractivity contribution in [3.8, 4) is 0 Å². The summed E-state index contributed by atoms with van der Waals surface area (Å²) in [6.45, 7) is 3.87. The van der Waals surface area contributed by atoms with E-state index in [9.17, 15) is 5.11 Å². The Labute approximate surface area is 134 Å². The highest BCUT2D eigenvalue weighted by molar-refractivity contribution is 5.97. The van der Waals surface area contributed by atoms with Crippen LogP contribution in [0.15, 0.2) is 39.8 Å². The van der Waals surface area contributed by atoms with Gasteiger partial charge in [0.05, 0.1) is 12.3 Å². The lowest BCUT2D eigenvalue weighted by molar-refractivity contribution is 0.120. The number of aliphatic hydroxyl groups excluding tert-OH is 1. The Balaban J connectivity index is 1.96. The van der Waals surface area contributed by atoms with Crippen molar-refractivity contribution in [1.82, 2.24) is 5.16 Å². The number of benzene rings is 1. The zero-order chi connectivity index (χ0) is 16.4. The van der Waals surface area contributed by atoms with Gasteiger partial charge in [0.1, 0.15) is 17.7 Å². The Morgan fingerprint density at radius 2 is 2.04 bits per heavy atom. The highest BCUT2D eigenvalue weighted by Gasteiger charge is 2.36. The lowest BCUT2D eigenvalue weighted by Gasteiger charge is -2.17. The smallest absolute Gasteiger partial charge is 0.222 e. The first-order chi connectivity index (χ1) is 11.1. The number of hydrogen-bond donors (Lipinski definition) is 1. The number of aromatic nitrogens is 1. The number of ether oxygens (including phenoxy) is 2. The predicted octanol–water partition coefficient (Wildman–Crippen LogP) is 2.57. The highest BCUT2D eigenvalue weighted by atomic mass is 16.5. The second-order valence-corrected chi connectivity index (χ2v) is 5.59. The van der Waals surface area contributed by atoms with Gasteiger partial charge in [0, 0.05) is 7.11 Å². The van der Waals surface area contributed by atoms with Crippen LogP contribution in [0.3, 0.4) is 0 Å². The van der Waals surface area contributed by atoms with E-state index in [0.717, 1.165) is 5.56 Å². The number of aryl methyl sites for hydroxylation is 1. The number of nitrogens with zero attached hydrogens (tertiary/aromatic N) is 2. The molecule has 1 aromatic carbocycles. The van der Waals surface area contributed by atoms with E-state index in [0.29, 0.717) is 29.5 Å². The Kier molecular flexibility index (Phi) is 4.45. The zero-order valence-corrected chi connectivity index (χ0v) is 13.4. The Hall–Kier alpha value is -2.18. The third-order valence-corrected chi connectivity index (χ3v) is 3.82. The van der Waals surface area contributed by atoms with Gasteiger partial charge < -0.3 is 19.1 Å². The Morgan fingerprint density at radius 1 is 1.30 bits per heavy atom. The van der Waals surface area contributed by atoms with Gasteiger partial charge in [-0.2, -0.15) is 0 Å². The number of aliphatic hydroxyl groups is 1. The van der Waals surface area contributed by atoms with Crippen LogP contribution in [-0.4, -0.2) is 35.9 Å². The maximum atomic E-state index is 9.86. The summed E-state index contributed by atoms with van der Waals surface area (Å²) in [6.07, 6.45) is -1.02. The number of aliphatic imine (C=N–C) groups is 1. The van der Waals surface area contributed by atoms with Crippen molar-refractivity contribution in [1.29, 1.82) is 0 Å². The molecule has 23 heavy (non-hydrogen) atoms. The molecule has 2 heterocycles. The van der Waals surface area contributed by atoms with Crippen LogP contribution >= 0.6 is 0 Å². The Morgan fingerprint density at radius 3 is 2.70 bits per heavy atom. The summed E-state index contributed by atoms with van der Waals surface area (Å²) in [5.41, 5.74) is 2.30. The first kappa shape index (κ1) is 15.7. The predicted molar refractivity (Wildman–Crippen MR) is 84.3 cm³/mol. The van der Waals surface area contributed by atoms with E-state index in [1.54, 1.807) is 21.0 Å². The van der Waals surface area contributed by atoms with Crippen molar-refractivity contribution >= 4 is 5.90 Å². The van der Waals surface area contributed by atoms with Crippen LogP contribution in [-0.2, 0) is 9.47 Å². The molecule has 0 radical (unpaired) electrons. The minimum absolute atomic E-state index is 0.159. The summed E-state index contributed by atoms with van der Waals surface area (Å²) in [6, 6.07) is 9.73. The van der Waals surface area contributed by atoms with Gasteiger partial charge in [-0.3, -0.25) is 0 Å². The number of rotatable bonds is 5. The van der Waals surface area contributed by atoms with Gasteiger partial charge in [0.25, 0.3) is 0 Å². The maximum absolute atomic E-state index is 9.86. The van der Waals surface area contributed by atoms with Crippen LogP contribution in [0.25, 0.3) is 0 Å². The largest absolute Gasteiger partial charge is 0.467 e. The van der Waals surface area contributed by atoms with Crippen molar-refractivity contribution in [2.24, 2.45) is 4.99 Å². The van der Waals surface area contributed by atoms with Gasteiger partial charge in [-0.1, -0.05) is 35.5 Å². The molecule has 2 aromatic rings. The molecule has 0 fully saturated rings. The normalized spacial score (nSPS) is 21.8. The van der Waals surface area contributed by atoms with Gasteiger partial charge in [-0.05, 0) is 19.4 Å². The number of hydrogen-bond acceptors (Lipinski definition) is 6. The van der Waals surface area contributed by atoms with E-state index in [1.807, 2.05) is 30.3 Å². The van der Waals surface area contributed by atoms with Crippen molar-refractivity contribution in [3.63, 3.8) is 0 Å². The molecular weight excluding hydrogens is 296 g/mol. The summed E-state index contributed by atoms with van der Waals surface area (Å²) in [5, 5.41) is 13.8. The summed E-state index contributed by atoms with van der Waals surface area (Å²) in [4.78, 5) is 4.64. The average Bonchev–Trinajstić information content (AvgIpc) is 3.12. The summed E-state index contributed by atoms with van der Waals surface area (Å²) >= 11 is 0. The van der Waals surface area contributed by atoms with E-state index in [-0.39, 0.29) is 12.1 Å². The molecule has 1 aliphatic rings. The fourth-order valence-corrected chi connectivity index (χ4v) is 2.73. The lowest BCUT2D eigenvalue weighted by Crippen LogP contribution is -2.19. The van der Waals surface area contributed by atoms with Crippen LogP contribution in [0.1, 0.15) is 41.7 Å². The van der Waals surface area contributed by atoms with Crippen LogP contribution in [0.5, 0.6) is 0 Å². The molecule has 6 nitrogen and oxygen atoms in total. The minimum atomic E-state index is -0.783. The molecular formula is C17H20N2O4. The molecule has 0 saturated carbocycles. The summed E-state index contributed by atoms with van der Waals surface area (Å²) < 4.78 is 16.6. The second kappa shape index (κ2) is 6.52. The number of methoxy groups -OCH3 is 1. The fraction of sp³-hybridized carbons (Fsp3) is 0.412. The van der Waals surface area contributed by atoms with Gasteiger partial charge in [0.2, 0.25) is 5.90 Å². The quantitative estimate of drug-likeness (QED) is 0.917. The maximum Gasteiger partial charge on any atom is 0.222 e. The topological polar surface area (TPSA) is 77.1 Å². The van der Waals surface area contributed by atoms with Crippen molar-refractivity contribution in [2.45, 2.75) is 32.1 Å². The van der Waals surface area contributed by atoms with E-state index in [4.69, 9.17) is 14.0 Å². The van der Waals surface area contributed by atoms with E-state index in [2.05, 4.69) is 10.1 Å². The van der Waals surface area contributed by atoms with Crippen LogP contribution in [0.2, 0.25) is 0 Å². The summed E-state index contributed by atoms with van der Waals surface area (Å²) in [7, 11) is 1.64. The Bertz CT molecular complexity index is 694. The van der Waals surface area contributed by atoms with Gasteiger partial charge >= 0.3 is 0 Å². The van der Waals surface area contributed by atoms with Crippen molar-refractivity contribution < 1.29 is 19.1 Å². The van der Waals surface area contributed by atoms with Crippen molar-refractivity contribution in [2.75, 3.05) is 13.7 Å². The molecule has 0 spiro atoms. The molecule has 0 unspecified atom stereocenters. The van der Waals surface area contributed by atoms with E-state index < -0.39 is 6.10 Å². The fourth-order valence-electron chi connectivity index (χ4n) is 2.73. The van der Waals surface area contributed by atoms with E-state index >= 15 is 0 Å². The van der Waals surface area contributed by atoms with Crippen LogP contribution in [0, 0.1) is 6.92 Å². The molecule has 1 aliphatic heterocycles. The standard InChI is InChI=1S/C17H20N2O4/c1-10-14(15(11(2)20)23-19-10)17-18-13(9-21-3)16(22-17)12-7-5-4-6-8-12/h4-8,11,13,16,20H,9H2,1-3H3/t11-,13+,16+/m1/s1. The second-order valence-electron chi connectivity index (χ2n) is 5.59. The molecule has 0 amide bonds. The molecule has 0 saturated heterocycles. The van der Waals surface area contributed by atoms with Crippen LogP contribution < -0.4 is 0 Å². The van der Waals surface area contributed by atoms with E-state index in [1.165, 1.54) is 0 Å². The molecule has 0 aliphatic carbocycles. The monoisotopic (exact) mass is 316 g/mol. The third-order valence-electron chi connectivity index (χ3n) is 3.82. The molecule has 1 N–H and O–H groups in total. The lowest BCUT2D eigenvalue weighted by atomic mass is 10.0. The SMILES string of the molecule is COC[C@@H]1N=C(c2c(C)noc2[C@@H](C)O)O[C@H]1c1ccccc1.